The summed E-state index contributed by atoms with van der Waals surface area (Å²) >= 11 is 0. The molecular weight excluding hydrogens is 797 g/mol. The largest absolute Gasteiger partial charge is 2.00 e. The minimum atomic E-state index is -0.545. The molecule has 0 amide bonds. The summed E-state index contributed by atoms with van der Waals surface area (Å²) in [5, 5.41) is 19.1. The van der Waals surface area contributed by atoms with Crippen molar-refractivity contribution in [2.75, 3.05) is 13.3 Å². The molecule has 2 aromatic carbocycles. The summed E-state index contributed by atoms with van der Waals surface area (Å²) in [6, 6.07) is 32.8. The first-order valence-electron chi connectivity index (χ1n) is 15.1. The molecule has 4 aromatic heterocycles. The monoisotopic (exact) mass is 843 g/mol. The van der Waals surface area contributed by atoms with E-state index in [9.17, 15) is 0 Å². The predicted octanol–water partition coefficient (Wildman–Crippen LogP) is 6.56. The third-order valence-electron chi connectivity index (χ3n) is 6.45. The summed E-state index contributed by atoms with van der Waals surface area (Å²) in [5.41, 5.74) is 1.39. The molecule has 47 heavy (non-hydrogen) atoms. The van der Waals surface area contributed by atoms with Crippen LogP contribution in [-0.2, 0) is 30.6 Å². The molecular formula is C36H45N8OsP2+. The number of hydrogen-bond acceptors (Lipinski definition) is 6. The second-order valence-corrected chi connectivity index (χ2v) is 14.6. The molecule has 0 N–H and O–H groups in total. The molecule has 0 spiro atoms. The van der Waals surface area contributed by atoms with E-state index in [1.54, 1.807) is 12.4 Å². The number of rotatable bonds is 4. The Hall–Kier alpha value is -3.48. The van der Waals surface area contributed by atoms with E-state index in [-0.39, 0.29) is 30.6 Å². The molecule has 0 bridgehead atoms. The summed E-state index contributed by atoms with van der Waals surface area (Å²) in [6.45, 7) is 16.6. The minimum absolute atomic E-state index is 0. The molecule has 1 atom stereocenters. The average molecular weight is 842 g/mol. The van der Waals surface area contributed by atoms with Crippen LogP contribution in [0.25, 0.3) is 23.0 Å². The van der Waals surface area contributed by atoms with E-state index in [4.69, 9.17) is 0 Å². The van der Waals surface area contributed by atoms with Crippen LogP contribution in [-0.4, -0.2) is 43.5 Å². The van der Waals surface area contributed by atoms with Crippen molar-refractivity contribution >= 4 is 27.8 Å². The van der Waals surface area contributed by atoms with Gasteiger partial charge in [-0.1, -0.05) is 96.7 Å². The van der Waals surface area contributed by atoms with Crippen LogP contribution in [0.15, 0.2) is 109 Å². The molecule has 0 saturated carbocycles. The maximum absolute atomic E-state index is 4.37. The maximum atomic E-state index is 4.37. The van der Waals surface area contributed by atoms with Crippen LogP contribution in [0.4, 0.5) is 0 Å². The van der Waals surface area contributed by atoms with Gasteiger partial charge in [0.15, 0.2) is 0 Å². The summed E-state index contributed by atoms with van der Waals surface area (Å²) in [4.78, 5) is 17.1. The normalized spacial score (nSPS) is 10.7. The zero-order valence-electron chi connectivity index (χ0n) is 28.4. The zero-order valence-corrected chi connectivity index (χ0v) is 33.1. The third kappa shape index (κ3) is 12.6. The van der Waals surface area contributed by atoms with Crippen molar-refractivity contribution in [3.8, 4) is 23.0 Å². The molecule has 1 unspecified atom stereocenters. The quantitative estimate of drug-likeness (QED) is 0.184. The van der Waals surface area contributed by atoms with Gasteiger partial charge in [0.05, 0.1) is 36.6 Å². The molecule has 0 fully saturated rings. The van der Waals surface area contributed by atoms with Gasteiger partial charge in [0, 0.05) is 34.9 Å². The molecule has 6 aromatic rings. The van der Waals surface area contributed by atoms with Crippen molar-refractivity contribution in [2.45, 2.75) is 52.4 Å². The molecule has 8 nitrogen and oxygen atoms in total. The summed E-state index contributed by atoms with van der Waals surface area (Å²) in [5.74, 6) is 2.70. The fraction of sp³-hybridized carbons (Fsp3) is 0.278. The van der Waals surface area contributed by atoms with E-state index in [1.807, 2.05) is 43.1 Å². The number of pyridine rings is 2. The fourth-order valence-corrected chi connectivity index (χ4v) is 5.58. The number of benzene rings is 2. The van der Waals surface area contributed by atoms with Crippen LogP contribution in [0, 0.1) is 0 Å². The number of hydrogen-bond donors (Lipinski definition) is 0. The molecule has 0 saturated heterocycles. The van der Waals surface area contributed by atoms with Crippen molar-refractivity contribution in [3.63, 3.8) is 0 Å². The first-order valence-corrected chi connectivity index (χ1v) is 18.3. The topological polar surface area (TPSA) is 106 Å². The van der Waals surface area contributed by atoms with Gasteiger partial charge in [0.1, 0.15) is 0 Å². The van der Waals surface area contributed by atoms with Crippen LogP contribution in [0.1, 0.15) is 53.2 Å². The van der Waals surface area contributed by atoms with Gasteiger partial charge in [-0.05, 0) is 60.2 Å². The Kier molecular flexibility index (Phi) is 16.4. The second-order valence-electron chi connectivity index (χ2n) is 12.2. The first-order chi connectivity index (χ1) is 22.0. The van der Waals surface area contributed by atoms with Gasteiger partial charge < -0.3 is 20.2 Å². The van der Waals surface area contributed by atoms with Crippen molar-refractivity contribution in [1.82, 2.24) is 40.3 Å². The Morgan fingerprint density at radius 3 is 1.15 bits per heavy atom. The molecule has 11 heteroatoms. The Morgan fingerprint density at radius 2 is 0.872 bits per heavy atom. The van der Waals surface area contributed by atoms with Gasteiger partial charge in [0.2, 0.25) is 0 Å². The van der Waals surface area contributed by atoms with Crippen LogP contribution >= 0.6 is 17.2 Å². The fourth-order valence-electron chi connectivity index (χ4n) is 3.86. The van der Waals surface area contributed by atoms with Gasteiger partial charge >= 0.3 is 19.8 Å². The van der Waals surface area contributed by atoms with Crippen LogP contribution in [0.5, 0.6) is 0 Å². The zero-order chi connectivity index (χ0) is 33.6. The average Bonchev–Trinajstić information content (AvgIpc) is 3.80. The van der Waals surface area contributed by atoms with Crippen molar-refractivity contribution in [3.05, 3.63) is 121 Å². The van der Waals surface area contributed by atoms with E-state index in [2.05, 4.69) is 158 Å². The Bertz CT molecular complexity index is 1560. The van der Waals surface area contributed by atoms with Gasteiger partial charge in [0.25, 0.3) is 0 Å². The van der Waals surface area contributed by atoms with Crippen LogP contribution in [0.2, 0.25) is 0 Å². The molecule has 0 aliphatic carbocycles. The minimum Gasteiger partial charge on any atom is -0.420 e. The van der Waals surface area contributed by atoms with Crippen molar-refractivity contribution in [2.24, 2.45) is 0 Å². The van der Waals surface area contributed by atoms with Gasteiger partial charge in [-0.25, -0.2) is 0 Å². The van der Waals surface area contributed by atoms with Crippen molar-refractivity contribution < 1.29 is 19.8 Å². The summed E-state index contributed by atoms with van der Waals surface area (Å²) < 4.78 is 0. The summed E-state index contributed by atoms with van der Waals surface area (Å²) in [6.07, 6.45) is 3.45. The summed E-state index contributed by atoms with van der Waals surface area (Å²) in [7, 11) is 1.87. The SMILES string of the molecule is CC(C)(C)c1n[n-]c(-c2ccccn2)n1.CC(C)(C)c1n[n-]c(-c2ccccn2)n1.CP.C[PH+](c1ccccc1)c1ccccc1.[Os+2]. The standard InChI is InChI=1S/C13H13P.2C11H13N4.CH5P.Os/c1-14(12-8-4-2-5-9-12)13-10-6-3-7-11-13;2*1-11(2,3)10-13-9(14-15-10)8-6-4-5-7-12-8;1-2;/h2-11H,1H3;2*4-7H,1-3H3;2H2,1H3;/q;2*-1;;+2/p+1. The van der Waals surface area contributed by atoms with Crippen molar-refractivity contribution in [1.29, 1.82) is 0 Å². The number of aromatic nitrogens is 8. The van der Waals surface area contributed by atoms with Gasteiger partial charge in [-0.3, -0.25) is 20.2 Å². The molecule has 246 valence electrons. The molecule has 0 aliphatic heterocycles. The Balaban J connectivity index is 0.000000236. The Labute approximate surface area is 296 Å². The van der Waals surface area contributed by atoms with Crippen LogP contribution in [0.3, 0.4) is 0 Å². The second kappa shape index (κ2) is 19.4. The Morgan fingerprint density at radius 1 is 0.532 bits per heavy atom. The smallest absolute Gasteiger partial charge is 0.420 e. The maximum Gasteiger partial charge on any atom is 2.00 e. The van der Waals surface area contributed by atoms with E-state index < -0.39 is 7.92 Å². The van der Waals surface area contributed by atoms with Crippen LogP contribution < -0.4 is 20.8 Å². The van der Waals surface area contributed by atoms with E-state index in [1.165, 1.54) is 10.6 Å². The number of nitrogens with zero attached hydrogens (tertiary/aromatic N) is 8. The van der Waals surface area contributed by atoms with E-state index in [0.717, 1.165) is 23.0 Å². The first kappa shape index (κ1) is 39.7. The van der Waals surface area contributed by atoms with E-state index in [0.29, 0.717) is 11.6 Å². The van der Waals surface area contributed by atoms with Gasteiger partial charge in [-0.2, -0.15) is 0 Å². The predicted molar refractivity (Wildman–Crippen MR) is 197 cm³/mol. The molecule has 6 rings (SSSR count). The molecule has 0 radical (unpaired) electrons. The van der Waals surface area contributed by atoms with Gasteiger partial charge in [-0.15, -0.1) is 9.24 Å². The van der Waals surface area contributed by atoms with E-state index >= 15 is 0 Å². The third-order valence-corrected chi connectivity index (χ3v) is 8.84. The molecule has 4 heterocycles. The molecule has 0 aliphatic rings.